The Morgan fingerprint density at radius 3 is 2.87 bits per heavy atom. The van der Waals surface area contributed by atoms with Crippen molar-refractivity contribution in [2.24, 2.45) is 0 Å². The molecule has 0 radical (unpaired) electrons. The number of methoxy groups -OCH3 is 1. The van der Waals surface area contributed by atoms with Crippen molar-refractivity contribution < 1.29 is 9.47 Å². The lowest BCUT2D eigenvalue weighted by atomic mass is 10.1. The molecule has 0 aliphatic carbocycles. The summed E-state index contributed by atoms with van der Waals surface area (Å²) in [4.78, 5) is 0. The van der Waals surface area contributed by atoms with E-state index < -0.39 is 0 Å². The number of hydrogen-bond acceptors (Lipinski definition) is 2. The zero-order valence-corrected chi connectivity index (χ0v) is 8.98. The van der Waals surface area contributed by atoms with Gasteiger partial charge < -0.3 is 9.47 Å². The van der Waals surface area contributed by atoms with Gasteiger partial charge in [-0.2, -0.15) is 0 Å². The Balaban J connectivity index is 2.67. The predicted octanol–water partition coefficient (Wildman–Crippen LogP) is 2.95. The third-order valence-corrected chi connectivity index (χ3v) is 1.90. The van der Waals surface area contributed by atoms with Crippen LogP contribution in [-0.4, -0.2) is 13.7 Å². The van der Waals surface area contributed by atoms with Crippen LogP contribution < -0.4 is 4.74 Å². The van der Waals surface area contributed by atoms with Crippen molar-refractivity contribution >= 4 is 0 Å². The lowest BCUT2D eigenvalue weighted by Gasteiger charge is -2.07. The number of benzene rings is 1. The summed E-state index contributed by atoms with van der Waals surface area (Å²) < 4.78 is 10.4. The van der Waals surface area contributed by atoms with E-state index in [9.17, 15) is 0 Å². The van der Waals surface area contributed by atoms with Gasteiger partial charge in [-0.3, -0.25) is 0 Å². The van der Waals surface area contributed by atoms with Crippen LogP contribution in [0.4, 0.5) is 0 Å². The van der Waals surface area contributed by atoms with Gasteiger partial charge in [-0.25, -0.2) is 0 Å². The van der Waals surface area contributed by atoms with Crippen LogP contribution >= 0.6 is 0 Å². The van der Waals surface area contributed by atoms with E-state index in [1.54, 1.807) is 19.4 Å². The summed E-state index contributed by atoms with van der Waals surface area (Å²) in [6, 6.07) is 7.95. The molecule has 0 aliphatic rings. The molecule has 0 aliphatic heterocycles. The molecule has 0 aromatic heterocycles. The van der Waals surface area contributed by atoms with E-state index in [0.717, 1.165) is 17.7 Å². The zero-order valence-electron chi connectivity index (χ0n) is 8.98. The minimum Gasteiger partial charge on any atom is -0.505 e. The monoisotopic (exact) mass is 204 g/mol. The molecule has 1 aromatic carbocycles. The van der Waals surface area contributed by atoms with Crippen molar-refractivity contribution in [3.05, 3.63) is 54.8 Å². The average Bonchev–Trinajstić information content (AvgIpc) is 2.28. The van der Waals surface area contributed by atoms with E-state index in [1.165, 1.54) is 0 Å². The Morgan fingerprint density at radius 1 is 1.33 bits per heavy atom. The van der Waals surface area contributed by atoms with Gasteiger partial charge in [0.05, 0.1) is 13.4 Å². The first-order valence-electron chi connectivity index (χ1n) is 4.88. The first kappa shape index (κ1) is 11.4. The number of rotatable bonds is 6. The molecule has 2 heteroatoms. The van der Waals surface area contributed by atoms with E-state index in [1.807, 2.05) is 30.3 Å². The van der Waals surface area contributed by atoms with Crippen LogP contribution in [0.25, 0.3) is 0 Å². The van der Waals surface area contributed by atoms with Gasteiger partial charge in [0, 0.05) is 0 Å². The zero-order chi connectivity index (χ0) is 10.9. The quantitative estimate of drug-likeness (QED) is 0.524. The highest BCUT2D eigenvalue weighted by Gasteiger charge is 1.99. The van der Waals surface area contributed by atoms with Gasteiger partial charge >= 0.3 is 0 Å². The number of para-hydroxylation sites is 1. The lowest BCUT2D eigenvalue weighted by Crippen LogP contribution is -1.96. The summed E-state index contributed by atoms with van der Waals surface area (Å²) >= 11 is 0. The van der Waals surface area contributed by atoms with Crippen LogP contribution in [-0.2, 0) is 11.2 Å². The van der Waals surface area contributed by atoms with E-state index in [2.05, 4.69) is 6.58 Å². The van der Waals surface area contributed by atoms with Crippen molar-refractivity contribution in [2.75, 3.05) is 13.7 Å². The van der Waals surface area contributed by atoms with Crippen LogP contribution in [0.1, 0.15) is 5.56 Å². The Morgan fingerprint density at radius 2 is 2.13 bits per heavy atom. The SMILES string of the molecule is C=CCOc1ccccc1CC=COC. The molecule has 1 rings (SSSR count). The molecule has 0 heterocycles. The van der Waals surface area contributed by atoms with E-state index in [0.29, 0.717) is 6.61 Å². The maximum absolute atomic E-state index is 5.52. The van der Waals surface area contributed by atoms with Crippen LogP contribution in [0, 0.1) is 0 Å². The summed E-state index contributed by atoms with van der Waals surface area (Å²) in [6.07, 6.45) is 6.17. The largest absolute Gasteiger partial charge is 0.505 e. The minimum atomic E-state index is 0.533. The third-order valence-electron chi connectivity index (χ3n) is 1.90. The standard InChI is InChI=1S/C13H16O2/c1-3-10-15-13-9-5-4-7-12(13)8-6-11-14-2/h3-7,9,11H,1,8,10H2,2H3. The molecular formula is C13H16O2. The third kappa shape index (κ3) is 3.90. The normalized spacial score (nSPS) is 10.2. The Kier molecular flexibility index (Phi) is 5.09. The predicted molar refractivity (Wildman–Crippen MR) is 62.0 cm³/mol. The van der Waals surface area contributed by atoms with Gasteiger partial charge in [-0.1, -0.05) is 30.9 Å². The Hall–Kier alpha value is -1.70. The maximum atomic E-state index is 5.52. The molecule has 0 N–H and O–H groups in total. The van der Waals surface area contributed by atoms with Crippen LogP contribution in [0.15, 0.2) is 49.3 Å². The minimum absolute atomic E-state index is 0.533. The van der Waals surface area contributed by atoms with Crippen LogP contribution in [0.5, 0.6) is 5.75 Å². The molecule has 15 heavy (non-hydrogen) atoms. The molecule has 1 aromatic rings. The molecule has 0 bridgehead atoms. The summed E-state index contributed by atoms with van der Waals surface area (Å²) in [6.45, 7) is 4.15. The highest BCUT2D eigenvalue weighted by atomic mass is 16.5. The van der Waals surface area contributed by atoms with Gasteiger partial charge in [0.15, 0.2) is 0 Å². The molecule has 0 saturated heterocycles. The lowest BCUT2D eigenvalue weighted by molar-refractivity contribution is 0.336. The van der Waals surface area contributed by atoms with Gasteiger partial charge in [0.1, 0.15) is 12.4 Å². The number of ether oxygens (including phenoxy) is 2. The fourth-order valence-corrected chi connectivity index (χ4v) is 1.23. The average molecular weight is 204 g/mol. The topological polar surface area (TPSA) is 18.5 Å². The second-order valence-electron chi connectivity index (χ2n) is 3.02. The molecule has 0 unspecified atom stereocenters. The van der Waals surface area contributed by atoms with Gasteiger partial charge in [-0.15, -0.1) is 0 Å². The molecule has 0 spiro atoms. The molecule has 0 saturated carbocycles. The number of hydrogen-bond donors (Lipinski definition) is 0. The highest BCUT2D eigenvalue weighted by molar-refractivity contribution is 5.34. The van der Waals surface area contributed by atoms with Crippen molar-refractivity contribution in [1.29, 1.82) is 0 Å². The van der Waals surface area contributed by atoms with Crippen molar-refractivity contribution in [3.8, 4) is 5.75 Å². The molecule has 0 amide bonds. The molecular weight excluding hydrogens is 188 g/mol. The van der Waals surface area contributed by atoms with E-state index in [4.69, 9.17) is 9.47 Å². The molecule has 80 valence electrons. The first-order valence-corrected chi connectivity index (χ1v) is 4.88. The second-order valence-corrected chi connectivity index (χ2v) is 3.02. The Bertz CT molecular complexity index is 329. The van der Waals surface area contributed by atoms with E-state index in [-0.39, 0.29) is 0 Å². The van der Waals surface area contributed by atoms with Gasteiger partial charge in [-0.05, 0) is 24.1 Å². The second kappa shape index (κ2) is 6.71. The molecule has 2 nitrogen and oxygen atoms in total. The van der Waals surface area contributed by atoms with Gasteiger partial charge in [0.25, 0.3) is 0 Å². The summed E-state index contributed by atoms with van der Waals surface area (Å²) in [7, 11) is 1.64. The van der Waals surface area contributed by atoms with Crippen molar-refractivity contribution in [3.63, 3.8) is 0 Å². The summed E-state index contributed by atoms with van der Waals surface area (Å²) in [5, 5.41) is 0. The van der Waals surface area contributed by atoms with Crippen molar-refractivity contribution in [2.45, 2.75) is 6.42 Å². The summed E-state index contributed by atoms with van der Waals surface area (Å²) in [5.41, 5.74) is 1.15. The fraction of sp³-hybridized carbons (Fsp3) is 0.231. The smallest absolute Gasteiger partial charge is 0.123 e. The highest BCUT2D eigenvalue weighted by Crippen LogP contribution is 2.18. The molecule has 0 fully saturated rings. The summed E-state index contributed by atoms with van der Waals surface area (Å²) in [5.74, 6) is 0.901. The van der Waals surface area contributed by atoms with E-state index >= 15 is 0 Å². The Labute approximate surface area is 90.8 Å². The van der Waals surface area contributed by atoms with Crippen LogP contribution in [0.3, 0.4) is 0 Å². The van der Waals surface area contributed by atoms with Gasteiger partial charge in [0.2, 0.25) is 0 Å². The van der Waals surface area contributed by atoms with Crippen LogP contribution in [0.2, 0.25) is 0 Å². The molecule has 0 atom stereocenters. The number of allylic oxidation sites excluding steroid dienone is 1. The maximum Gasteiger partial charge on any atom is 0.123 e. The fourth-order valence-electron chi connectivity index (χ4n) is 1.23. The van der Waals surface area contributed by atoms with Crippen molar-refractivity contribution in [1.82, 2.24) is 0 Å². The first-order chi connectivity index (χ1) is 7.38.